The summed E-state index contributed by atoms with van der Waals surface area (Å²) >= 11 is 0. The minimum Gasteiger partial charge on any atom is -0.493 e. The van der Waals surface area contributed by atoms with Gasteiger partial charge in [0.25, 0.3) is 0 Å². The van der Waals surface area contributed by atoms with Crippen LogP contribution in [0.15, 0.2) is 18.2 Å². The second kappa shape index (κ2) is 7.63. The Balaban J connectivity index is 1.86. The molecule has 1 aliphatic heterocycles. The van der Waals surface area contributed by atoms with Crippen molar-refractivity contribution in [3.63, 3.8) is 0 Å². The van der Waals surface area contributed by atoms with E-state index < -0.39 is 0 Å². The van der Waals surface area contributed by atoms with Gasteiger partial charge in [-0.3, -0.25) is 4.79 Å². The fourth-order valence-corrected chi connectivity index (χ4v) is 2.80. The van der Waals surface area contributed by atoms with Gasteiger partial charge in [0.05, 0.1) is 13.0 Å². The molecule has 1 aromatic rings. The number of aryl methyl sites for hydroxylation is 1. The first-order chi connectivity index (χ1) is 10.5. The quantitative estimate of drug-likeness (QED) is 0.910. The van der Waals surface area contributed by atoms with Crippen LogP contribution in [0.25, 0.3) is 0 Å². The molecule has 0 radical (unpaired) electrons. The van der Waals surface area contributed by atoms with E-state index in [1.165, 1.54) is 11.1 Å². The minimum absolute atomic E-state index is 0.172. The highest BCUT2D eigenvalue weighted by Gasteiger charge is 2.20. The third kappa shape index (κ3) is 4.47. The number of hydrogen-bond acceptors (Lipinski definition) is 3. The van der Waals surface area contributed by atoms with Crippen LogP contribution in [0, 0.1) is 6.92 Å². The van der Waals surface area contributed by atoms with E-state index in [-0.39, 0.29) is 11.9 Å². The molecular weight excluding hydrogens is 276 g/mol. The van der Waals surface area contributed by atoms with Crippen molar-refractivity contribution >= 4 is 5.91 Å². The molecular formula is C18H28N2O2. The first-order valence-electron chi connectivity index (χ1n) is 8.24. The van der Waals surface area contributed by atoms with Crippen molar-refractivity contribution in [2.24, 2.45) is 5.73 Å². The summed E-state index contributed by atoms with van der Waals surface area (Å²) in [5.41, 5.74) is 8.24. The van der Waals surface area contributed by atoms with Crippen molar-refractivity contribution in [3.8, 4) is 5.75 Å². The van der Waals surface area contributed by atoms with Crippen molar-refractivity contribution < 1.29 is 9.53 Å². The van der Waals surface area contributed by atoms with E-state index in [0.717, 1.165) is 31.7 Å². The summed E-state index contributed by atoms with van der Waals surface area (Å²) in [6.45, 7) is 8.35. The number of likely N-dealkylation sites (tertiary alicyclic amines) is 1. The molecule has 1 saturated heterocycles. The van der Waals surface area contributed by atoms with Gasteiger partial charge < -0.3 is 15.4 Å². The van der Waals surface area contributed by atoms with Gasteiger partial charge in [-0.2, -0.15) is 0 Å². The Morgan fingerprint density at radius 2 is 2.05 bits per heavy atom. The van der Waals surface area contributed by atoms with E-state index in [1.54, 1.807) is 0 Å². The van der Waals surface area contributed by atoms with Gasteiger partial charge in [0.1, 0.15) is 5.75 Å². The number of carbonyl (C=O) groups is 1. The molecule has 0 spiro atoms. The topological polar surface area (TPSA) is 55.6 Å². The lowest BCUT2D eigenvalue weighted by atomic mass is 10.0. The highest BCUT2D eigenvalue weighted by molar-refractivity contribution is 5.76. The molecule has 122 valence electrons. The van der Waals surface area contributed by atoms with Crippen LogP contribution in [-0.2, 0) is 4.79 Å². The molecule has 4 heteroatoms. The molecule has 0 unspecified atom stereocenters. The average Bonchev–Trinajstić information content (AvgIpc) is 2.47. The molecule has 4 nitrogen and oxygen atoms in total. The summed E-state index contributed by atoms with van der Waals surface area (Å²) in [6, 6.07) is 6.52. The average molecular weight is 304 g/mol. The fraction of sp³-hybridized carbons (Fsp3) is 0.611. The summed E-state index contributed by atoms with van der Waals surface area (Å²) in [4.78, 5) is 14.1. The molecule has 1 amide bonds. The number of hydrogen-bond donors (Lipinski definition) is 1. The smallest absolute Gasteiger partial charge is 0.225 e. The van der Waals surface area contributed by atoms with E-state index in [2.05, 4.69) is 39.0 Å². The summed E-state index contributed by atoms with van der Waals surface area (Å²) in [6.07, 6.45) is 2.24. The second-order valence-electron chi connectivity index (χ2n) is 6.51. The lowest BCUT2D eigenvalue weighted by Crippen LogP contribution is -2.43. The van der Waals surface area contributed by atoms with E-state index in [4.69, 9.17) is 10.5 Å². The van der Waals surface area contributed by atoms with E-state index in [9.17, 15) is 4.79 Å². The van der Waals surface area contributed by atoms with Gasteiger partial charge in [-0.25, -0.2) is 0 Å². The number of piperidine rings is 1. The predicted octanol–water partition coefficient (Wildman–Crippen LogP) is 2.84. The lowest BCUT2D eigenvalue weighted by Gasteiger charge is -2.30. The summed E-state index contributed by atoms with van der Waals surface area (Å²) in [7, 11) is 0. The Hall–Kier alpha value is -1.55. The second-order valence-corrected chi connectivity index (χ2v) is 6.51. The molecule has 1 heterocycles. The molecule has 1 aliphatic rings. The zero-order valence-corrected chi connectivity index (χ0v) is 14.0. The van der Waals surface area contributed by atoms with Crippen LogP contribution in [-0.4, -0.2) is 36.5 Å². The number of amides is 1. The number of rotatable bonds is 5. The number of nitrogens with two attached hydrogens (primary N) is 1. The van der Waals surface area contributed by atoms with Gasteiger partial charge in [-0.05, 0) is 42.9 Å². The normalized spacial score (nSPS) is 16.1. The van der Waals surface area contributed by atoms with Gasteiger partial charge in [0, 0.05) is 19.1 Å². The van der Waals surface area contributed by atoms with Crippen LogP contribution in [0.3, 0.4) is 0 Å². The SMILES string of the molecule is Cc1ccc(C(C)C)c(OCCC(=O)N2CCC(N)CC2)c1. The third-order valence-corrected chi connectivity index (χ3v) is 4.26. The molecule has 2 N–H and O–H groups in total. The molecule has 0 aromatic heterocycles. The van der Waals surface area contributed by atoms with Crippen LogP contribution in [0.5, 0.6) is 5.75 Å². The molecule has 0 saturated carbocycles. The Morgan fingerprint density at radius 3 is 2.68 bits per heavy atom. The zero-order chi connectivity index (χ0) is 16.1. The van der Waals surface area contributed by atoms with E-state index in [1.807, 2.05) is 4.90 Å². The fourth-order valence-electron chi connectivity index (χ4n) is 2.80. The van der Waals surface area contributed by atoms with Gasteiger partial charge in [0.15, 0.2) is 0 Å². The van der Waals surface area contributed by atoms with Crippen molar-refractivity contribution in [2.45, 2.75) is 52.0 Å². The van der Waals surface area contributed by atoms with Crippen molar-refractivity contribution in [3.05, 3.63) is 29.3 Å². The van der Waals surface area contributed by atoms with Gasteiger partial charge in [-0.15, -0.1) is 0 Å². The van der Waals surface area contributed by atoms with Gasteiger partial charge in [0.2, 0.25) is 5.91 Å². The maximum Gasteiger partial charge on any atom is 0.225 e. The maximum absolute atomic E-state index is 12.2. The van der Waals surface area contributed by atoms with Gasteiger partial charge >= 0.3 is 0 Å². The Kier molecular flexibility index (Phi) is 5.83. The summed E-state index contributed by atoms with van der Waals surface area (Å²) in [5, 5.41) is 0. The third-order valence-electron chi connectivity index (χ3n) is 4.26. The first kappa shape index (κ1) is 16.8. The van der Waals surface area contributed by atoms with Crippen molar-refractivity contribution in [2.75, 3.05) is 19.7 Å². The van der Waals surface area contributed by atoms with E-state index >= 15 is 0 Å². The number of carbonyl (C=O) groups excluding carboxylic acids is 1. The monoisotopic (exact) mass is 304 g/mol. The maximum atomic E-state index is 12.2. The predicted molar refractivity (Wildman–Crippen MR) is 89.2 cm³/mol. The number of ether oxygens (including phenoxy) is 1. The summed E-state index contributed by atoms with van der Waals surface area (Å²) < 4.78 is 5.89. The van der Waals surface area contributed by atoms with Crippen LogP contribution in [0.2, 0.25) is 0 Å². The molecule has 22 heavy (non-hydrogen) atoms. The van der Waals surface area contributed by atoms with Crippen LogP contribution >= 0.6 is 0 Å². The molecule has 0 atom stereocenters. The van der Waals surface area contributed by atoms with Crippen molar-refractivity contribution in [1.82, 2.24) is 4.90 Å². The molecule has 1 fully saturated rings. The first-order valence-corrected chi connectivity index (χ1v) is 8.24. The van der Waals surface area contributed by atoms with Gasteiger partial charge in [-0.1, -0.05) is 26.0 Å². The minimum atomic E-state index is 0.172. The standard InChI is InChI=1S/C18H28N2O2/c1-13(2)16-5-4-14(3)12-17(16)22-11-8-18(21)20-9-6-15(19)7-10-20/h4-5,12-13,15H,6-11,19H2,1-3H3. The largest absolute Gasteiger partial charge is 0.493 e. The number of nitrogens with zero attached hydrogens (tertiary/aromatic N) is 1. The van der Waals surface area contributed by atoms with Crippen LogP contribution < -0.4 is 10.5 Å². The van der Waals surface area contributed by atoms with Crippen LogP contribution in [0.4, 0.5) is 0 Å². The Labute approximate surface area is 133 Å². The Morgan fingerprint density at radius 1 is 1.36 bits per heavy atom. The number of benzene rings is 1. The van der Waals surface area contributed by atoms with Crippen molar-refractivity contribution in [1.29, 1.82) is 0 Å². The molecule has 0 aliphatic carbocycles. The lowest BCUT2D eigenvalue weighted by molar-refractivity contribution is -0.132. The molecule has 1 aromatic carbocycles. The zero-order valence-electron chi connectivity index (χ0n) is 14.0. The molecule has 2 rings (SSSR count). The van der Waals surface area contributed by atoms with E-state index in [0.29, 0.717) is 18.9 Å². The summed E-state index contributed by atoms with van der Waals surface area (Å²) in [5.74, 6) is 1.49. The highest BCUT2D eigenvalue weighted by atomic mass is 16.5. The molecule has 0 bridgehead atoms. The highest BCUT2D eigenvalue weighted by Crippen LogP contribution is 2.27. The Bertz CT molecular complexity index is 506. The van der Waals surface area contributed by atoms with Crippen LogP contribution in [0.1, 0.15) is 50.2 Å².